The highest BCUT2D eigenvalue weighted by Gasteiger charge is 2.23. The number of likely N-dealkylation sites (tertiary alicyclic amines) is 1. The number of piperazine rings is 1. The van der Waals surface area contributed by atoms with Crippen molar-refractivity contribution in [3.05, 3.63) is 36.3 Å². The normalized spacial score (nSPS) is 18.3. The zero-order valence-electron chi connectivity index (χ0n) is 18.9. The summed E-state index contributed by atoms with van der Waals surface area (Å²) < 4.78 is 5.42. The molecule has 3 rings (SSSR count). The summed E-state index contributed by atoms with van der Waals surface area (Å²) in [4.78, 5) is 24.1. The Bertz CT molecular complexity index is 691. The highest BCUT2D eigenvalue weighted by Crippen LogP contribution is 2.11. The third kappa shape index (κ3) is 8.84. The maximum atomic E-state index is 12.7. The van der Waals surface area contributed by atoms with Crippen LogP contribution in [0.2, 0.25) is 0 Å². The van der Waals surface area contributed by atoms with Gasteiger partial charge in [0.05, 0.1) is 19.4 Å². The number of nitrogens with zero attached hydrogens (tertiary/aromatic N) is 4. The van der Waals surface area contributed by atoms with Crippen LogP contribution in [0.4, 0.5) is 0 Å². The minimum absolute atomic E-state index is 0. The van der Waals surface area contributed by atoms with Gasteiger partial charge in [-0.2, -0.15) is 0 Å². The lowest BCUT2D eigenvalue weighted by atomic mass is 10.2. The molecule has 1 amide bonds. The van der Waals surface area contributed by atoms with Crippen molar-refractivity contribution in [3.8, 4) is 0 Å². The Kier molecular flexibility index (Phi) is 11.4. The summed E-state index contributed by atoms with van der Waals surface area (Å²) in [7, 11) is 0. The van der Waals surface area contributed by atoms with Crippen LogP contribution in [-0.2, 0) is 11.2 Å². The van der Waals surface area contributed by atoms with Gasteiger partial charge >= 0.3 is 0 Å². The summed E-state index contributed by atoms with van der Waals surface area (Å²) in [5.41, 5.74) is 1.04. The van der Waals surface area contributed by atoms with Gasteiger partial charge in [0.25, 0.3) is 0 Å². The molecule has 0 aliphatic carbocycles. The average Bonchev–Trinajstić information content (AvgIpc) is 3.10. The van der Waals surface area contributed by atoms with Gasteiger partial charge in [-0.25, -0.2) is 4.99 Å². The molecule has 31 heavy (non-hydrogen) atoms. The third-order valence-electron chi connectivity index (χ3n) is 5.72. The van der Waals surface area contributed by atoms with E-state index in [9.17, 15) is 4.79 Å². The highest BCUT2D eigenvalue weighted by molar-refractivity contribution is 14.0. The molecule has 0 unspecified atom stereocenters. The monoisotopic (exact) mass is 543 g/mol. The number of halogens is 1. The van der Waals surface area contributed by atoms with Crippen molar-refractivity contribution in [3.63, 3.8) is 0 Å². The van der Waals surface area contributed by atoms with E-state index in [0.717, 1.165) is 82.4 Å². The second kappa shape index (κ2) is 13.8. The van der Waals surface area contributed by atoms with Crippen LogP contribution in [-0.4, -0.2) is 85.5 Å². The maximum absolute atomic E-state index is 12.7. The summed E-state index contributed by atoms with van der Waals surface area (Å²) >= 11 is 0. The van der Waals surface area contributed by atoms with Gasteiger partial charge in [0.2, 0.25) is 5.91 Å². The van der Waals surface area contributed by atoms with Gasteiger partial charge in [0.15, 0.2) is 5.96 Å². The lowest BCUT2D eigenvalue weighted by Gasteiger charge is -2.37. The number of guanidine groups is 1. The molecular formula is C23H38IN5O2. The van der Waals surface area contributed by atoms with E-state index in [1.807, 2.05) is 19.1 Å². The number of carbonyl (C=O) groups excluding carboxylic acids is 1. The summed E-state index contributed by atoms with van der Waals surface area (Å²) in [6, 6.07) is 3.91. The van der Waals surface area contributed by atoms with Gasteiger partial charge in [-0.05, 0) is 31.9 Å². The SMILES string of the molecule is C=C(C)CN=C(NCCc1ccco1)N1CCN(CC(=O)N2CCCCCC2)CC1.I. The van der Waals surface area contributed by atoms with Gasteiger partial charge in [-0.1, -0.05) is 25.0 Å². The molecule has 3 heterocycles. The van der Waals surface area contributed by atoms with Gasteiger partial charge in [-0.15, -0.1) is 24.0 Å². The van der Waals surface area contributed by atoms with E-state index in [-0.39, 0.29) is 29.9 Å². The molecule has 8 heteroatoms. The topological polar surface area (TPSA) is 64.3 Å². The lowest BCUT2D eigenvalue weighted by molar-refractivity contribution is -0.132. The van der Waals surface area contributed by atoms with Crippen LogP contribution in [0.15, 0.2) is 40.0 Å². The third-order valence-corrected chi connectivity index (χ3v) is 5.72. The molecule has 2 aliphatic heterocycles. The standard InChI is InChI=1S/C23H37N5O2.HI/c1-20(2)18-25-23(24-10-9-21-8-7-17-30-21)28-15-13-26(14-16-28)19-22(29)27-11-5-3-4-6-12-27;/h7-8,17H,1,3-6,9-16,18-19H2,2H3,(H,24,25);1H. The first-order chi connectivity index (χ1) is 14.6. The molecule has 0 bridgehead atoms. The van der Waals surface area contributed by atoms with Crippen molar-refractivity contribution in [1.82, 2.24) is 20.0 Å². The Balaban J connectivity index is 0.00000341. The molecule has 0 atom stereocenters. The predicted molar refractivity (Wildman–Crippen MR) is 136 cm³/mol. The number of aliphatic imine (C=N–C) groups is 1. The fourth-order valence-corrected chi connectivity index (χ4v) is 3.96. The lowest BCUT2D eigenvalue weighted by Crippen LogP contribution is -2.54. The number of nitrogens with one attached hydrogen (secondary N) is 1. The molecule has 0 spiro atoms. The van der Waals surface area contributed by atoms with Gasteiger partial charge in [0, 0.05) is 52.2 Å². The molecule has 2 aliphatic rings. The molecule has 2 saturated heterocycles. The van der Waals surface area contributed by atoms with E-state index in [4.69, 9.17) is 9.41 Å². The molecule has 0 radical (unpaired) electrons. The number of furan rings is 1. The summed E-state index contributed by atoms with van der Waals surface area (Å²) in [6.07, 6.45) is 7.32. The number of amides is 1. The minimum atomic E-state index is 0. The van der Waals surface area contributed by atoms with Gasteiger partial charge in [0.1, 0.15) is 5.76 Å². The Morgan fingerprint density at radius 1 is 1.10 bits per heavy atom. The van der Waals surface area contributed by atoms with E-state index in [1.165, 1.54) is 12.8 Å². The number of carbonyl (C=O) groups is 1. The van der Waals surface area contributed by atoms with Crippen molar-refractivity contribution in [2.45, 2.75) is 39.0 Å². The molecule has 174 valence electrons. The van der Waals surface area contributed by atoms with Gasteiger partial charge in [-0.3, -0.25) is 9.69 Å². The smallest absolute Gasteiger partial charge is 0.236 e. The fourth-order valence-electron chi connectivity index (χ4n) is 3.96. The predicted octanol–water partition coefficient (Wildman–Crippen LogP) is 2.98. The summed E-state index contributed by atoms with van der Waals surface area (Å²) in [5.74, 6) is 2.18. The molecule has 1 N–H and O–H groups in total. The average molecular weight is 543 g/mol. The quantitative estimate of drug-likeness (QED) is 0.248. The van der Waals surface area contributed by atoms with Gasteiger partial charge < -0.3 is 19.5 Å². The molecule has 0 saturated carbocycles. The number of hydrogen-bond donors (Lipinski definition) is 1. The second-order valence-electron chi connectivity index (χ2n) is 8.41. The van der Waals surface area contributed by atoms with E-state index >= 15 is 0 Å². The van der Waals surface area contributed by atoms with Crippen molar-refractivity contribution in [2.24, 2.45) is 4.99 Å². The Morgan fingerprint density at radius 2 is 1.81 bits per heavy atom. The first-order valence-electron chi connectivity index (χ1n) is 11.3. The Hall–Kier alpha value is -1.55. The van der Waals surface area contributed by atoms with Crippen molar-refractivity contribution in [1.29, 1.82) is 0 Å². The van der Waals surface area contributed by atoms with Crippen molar-refractivity contribution < 1.29 is 9.21 Å². The van der Waals surface area contributed by atoms with E-state index < -0.39 is 0 Å². The summed E-state index contributed by atoms with van der Waals surface area (Å²) in [5, 5.41) is 3.48. The molecular weight excluding hydrogens is 505 g/mol. The van der Waals surface area contributed by atoms with Crippen molar-refractivity contribution in [2.75, 3.05) is 58.9 Å². The molecule has 1 aromatic heterocycles. The number of hydrogen-bond acceptors (Lipinski definition) is 4. The van der Waals surface area contributed by atoms with Crippen LogP contribution in [0, 0.1) is 0 Å². The van der Waals surface area contributed by atoms with Crippen LogP contribution in [0.5, 0.6) is 0 Å². The van der Waals surface area contributed by atoms with Crippen LogP contribution >= 0.6 is 24.0 Å². The molecule has 0 aromatic carbocycles. The molecule has 2 fully saturated rings. The second-order valence-corrected chi connectivity index (χ2v) is 8.41. The van der Waals surface area contributed by atoms with Crippen LogP contribution in [0.25, 0.3) is 0 Å². The van der Waals surface area contributed by atoms with Crippen LogP contribution < -0.4 is 5.32 Å². The van der Waals surface area contributed by atoms with E-state index in [0.29, 0.717) is 13.1 Å². The first-order valence-corrected chi connectivity index (χ1v) is 11.3. The fraction of sp³-hybridized carbons (Fsp3) is 0.652. The van der Waals surface area contributed by atoms with E-state index in [2.05, 4.69) is 26.6 Å². The Labute approximate surface area is 203 Å². The van der Waals surface area contributed by atoms with Crippen LogP contribution in [0.1, 0.15) is 38.4 Å². The molecule has 7 nitrogen and oxygen atoms in total. The zero-order chi connectivity index (χ0) is 21.2. The number of rotatable bonds is 7. The largest absolute Gasteiger partial charge is 0.469 e. The summed E-state index contributed by atoms with van der Waals surface area (Å²) in [6.45, 7) is 13.3. The van der Waals surface area contributed by atoms with E-state index in [1.54, 1.807) is 6.26 Å². The maximum Gasteiger partial charge on any atom is 0.236 e. The first kappa shape index (κ1) is 25.7. The zero-order valence-corrected chi connectivity index (χ0v) is 21.2. The highest BCUT2D eigenvalue weighted by atomic mass is 127. The Morgan fingerprint density at radius 3 is 2.42 bits per heavy atom. The molecule has 1 aromatic rings. The van der Waals surface area contributed by atoms with Crippen molar-refractivity contribution >= 4 is 35.8 Å². The minimum Gasteiger partial charge on any atom is -0.469 e. The van der Waals surface area contributed by atoms with Crippen LogP contribution in [0.3, 0.4) is 0 Å².